The average molecular weight is 240 g/mol. The van der Waals surface area contributed by atoms with Gasteiger partial charge in [-0.3, -0.25) is 0 Å². The van der Waals surface area contributed by atoms with E-state index in [0.29, 0.717) is 12.2 Å². The van der Waals surface area contributed by atoms with E-state index in [2.05, 4.69) is 5.92 Å². The Balaban J connectivity index is 2.04. The number of hydrogen-bond acceptors (Lipinski definition) is 2. The maximum atomic E-state index is 10.9. The Bertz CT molecular complexity index is 572. The minimum absolute atomic E-state index is 0.114. The average Bonchev–Trinajstić information content (AvgIpc) is 2.95. The van der Waals surface area contributed by atoms with Gasteiger partial charge in [0, 0.05) is 17.7 Å². The lowest BCUT2D eigenvalue weighted by atomic mass is 9.86. The fourth-order valence-electron chi connectivity index (χ4n) is 2.99. The minimum atomic E-state index is -0.884. The molecule has 1 aliphatic rings. The van der Waals surface area contributed by atoms with Crippen molar-refractivity contribution in [1.29, 1.82) is 0 Å². The van der Waals surface area contributed by atoms with Crippen LogP contribution in [0.5, 0.6) is 0 Å². The van der Waals surface area contributed by atoms with Gasteiger partial charge in [0.05, 0.1) is 0 Å². The first-order valence-electron chi connectivity index (χ1n) is 6.39. The van der Waals surface area contributed by atoms with Crippen LogP contribution in [-0.4, -0.2) is 5.11 Å². The molecule has 2 aromatic rings. The molecule has 0 saturated heterocycles. The zero-order valence-corrected chi connectivity index (χ0v) is 10.2. The van der Waals surface area contributed by atoms with Gasteiger partial charge >= 0.3 is 0 Å². The monoisotopic (exact) mass is 240 g/mol. The highest BCUT2D eigenvalue weighted by molar-refractivity contribution is 5.77. The van der Waals surface area contributed by atoms with Crippen molar-refractivity contribution < 1.29 is 9.52 Å². The summed E-state index contributed by atoms with van der Waals surface area (Å²) in [7, 11) is 0. The number of furan rings is 1. The summed E-state index contributed by atoms with van der Waals surface area (Å²) < 4.78 is 5.81. The summed E-state index contributed by atoms with van der Waals surface area (Å²) in [6.07, 6.45) is 8.70. The SMILES string of the molecule is C#CC[C@H]1CCC[C@]1(O)c1cc2ccccc2o1. The number of para-hydroxylation sites is 1. The summed E-state index contributed by atoms with van der Waals surface area (Å²) >= 11 is 0. The molecule has 92 valence electrons. The second kappa shape index (κ2) is 4.19. The number of aliphatic hydroxyl groups is 1. The van der Waals surface area contributed by atoms with Gasteiger partial charge < -0.3 is 9.52 Å². The number of hydrogen-bond donors (Lipinski definition) is 1. The molecule has 18 heavy (non-hydrogen) atoms. The lowest BCUT2D eigenvalue weighted by Gasteiger charge is -2.26. The van der Waals surface area contributed by atoms with Crippen LogP contribution in [0, 0.1) is 18.3 Å². The molecule has 0 amide bonds. The second-order valence-corrected chi connectivity index (χ2v) is 5.07. The van der Waals surface area contributed by atoms with Gasteiger partial charge in [0.25, 0.3) is 0 Å². The van der Waals surface area contributed by atoms with Crippen molar-refractivity contribution in [2.45, 2.75) is 31.3 Å². The summed E-state index contributed by atoms with van der Waals surface area (Å²) in [5.74, 6) is 3.45. The van der Waals surface area contributed by atoms with Crippen LogP contribution in [0.25, 0.3) is 11.0 Å². The van der Waals surface area contributed by atoms with Crippen LogP contribution in [0.3, 0.4) is 0 Å². The summed E-state index contributed by atoms with van der Waals surface area (Å²) in [4.78, 5) is 0. The summed E-state index contributed by atoms with van der Waals surface area (Å²) in [5, 5.41) is 11.9. The molecule has 1 saturated carbocycles. The zero-order valence-electron chi connectivity index (χ0n) is 10.2. The van der Waals surface area contributed by atoms with Crippen LogP contribution in [-0.2, 0) is 5.60 Å². The minimum Gasteiger partial charge on any atom is -0.458 e. The molecule has 0 radical (unpaired) electrons. The van der Waals surface area contributed by atoms with E-state index >= 15 is 0 Å². The standard InChI is InChI=1S/C16H16O2/c1-2-6-13-8-5-10-16(13,17)15-11-12-7-3-4-9-14(12)18-15/h1,3-4,7,9,11,13,17H,5-6,8,10H2/t13-,16+/m0/s1. The number of fused-ring (bicyclic) bond motifs is 1. The van der Waals surface area contributed by atoms with Crippen LogP contribution >= 0.6 is 0 Å². The first kappa shape index (κ1) is 11.4. The van der Waals surface area contributed by atoms with E-state index in [9.17, 15) is 5.11 Å². The molecule has 0 spiro atoms. The van der Waals surface area contributed by atoms with Gasteiger partial charge in [-0.25, -0.2) is 0 Å². The fourth-order valence-corrected chi connectivity index (χ4v) is 2.99. The van der Waals surface area contributed by atoms with E-state index < -0.39 is 5.60 Å². The van der Waals surface area contributed by atoms with Crippen LogP contribution in [0.4, 0.5) is 0 Å². The third-order valence-electron chi connectivity index (χ3n) is 4.00. The van der Waals surface area contributed by atoms with E-state index in [4.69, 9.17) is 10.8 Å². The van der Waals surface area contributed by atoms with Crippen molar-refractivity contribution in [3.05, 3.63) is 36.1 Å². The highest BCUT2D eigenvalue weighted by Crippen LogP contribution is 2.46. The van der Waals surface area contributed by atoms with Gasteiger partial charge in [-0.1, -0.05) is 18.2 Å². The highest BCUT2D eigenvalue weighted by Gasteiger charge is 2.44. The first-order chi connectivity index (χ1) is 8.74. The van der Waals surface area contributed by atoms with E-state index in [-0.39, 0.29) is 5.92 Å². The molecule has 0 unspecified atom stereocenters. The van der Waals surface area contributed by atoms with Gasteiger partial charge in [-0.15, -0.1) is 12.3 Å². The Labute approximate surface area is 107 Å². The van der Waals surface area contributed by atoms with Crippen LogP contribution in [0.2, 0.25) is 0 Å². The molecule has 0 aliphatic heterocycles. The predicted octanol–water partition coefficient (Wildman–Crippen LogP) is 3.44. The number of benzene rings is 1. The van der Waals surface area contributed by atoms with E-state index in [1.54, 1.807) is 0 Å². The van der Waals surface area contributed by atoms with Crippen molar-refractivity contribution in [3.63, 3.8) is 0 Å². The van der Waals surface area contributed by atoms with Gasteiger partial charge in [0.2, 0.25) is 0 Å². The quantitative estimate of drug-likeness (QED) is 0.816. The summed E-state index contributed by atoms with van der Waals surface area (Å²) in [6.45, 7) is 0. The maximum Gasteiger partial charge on any atom is 0.137 e. The predicted molar refractivity (Wildman–Crippen MR) is 70.9 cm³/mol. The molecule has 3 rings (SSSR count). The molecule has 1 aromatic carbocycles. The van der Waals surface area contributed by atoms with Gasteiger partial charge in [0.1, 0.15) is 16.9 Å². The number of terminal acetylenes is 1. The molecular formula is C16H16O2. The topological polar surface area (TPSA) is 33.4 Å². The Morgan fingerprint density at radius 1 is 1.44 bits per heavy atom. The van der Waals surface area contributed by atoms with E-state index in [0.717, 1.165) is 30.2 Å². The largest absolute Gasteiger partial charge is 0.458 e. The van der Waals surface area contributed by atoms with Crippen LogP contribution in [0.15, 0.2) is 34.7 Å². The lowest BCUT2D eigenvalue weighted by molar-refractivity contribution is -0.0191. The maximum absolute atomic E-state index is 10.9. The molecule has 1 fully saturated rings. The molecule has 2 heteroatoms. The summed E-state index contributed by atoms with van der Waals surface area (Å²) in [5.41, 5.74) is -0.0574. The molecule has 1 aliphatic carbocycles. The molecule has 2 nitrogen and oxygen atoms in total. The van der Waals surface area contributed by atoms with Gasteiger partial charge in [-0.2, -0.15) is 0 Å². The van der Waals surface area contributed by atoms with Crippen molar-refractivity contribution in [2.75, 3.05) is 0 Å². The second-order valence-electron chi connectivity index (χ2n) is 5.07. The zero-order chi connectivity index (χ0) is 12.6. The molecule has 1 heterocycles. The lowest BCUT2D eigenvalue weighted by Crippen LogP contribution is -2.29. The smallest absolute Gasteiger partial charge is 0.137 e. The third kappa shape index (κ3) is 1.63. The Kier molecular flexibility index (Phi) is 2.65. The van der Waals surface area contributed by atoms with Crippen molar-refractivity contribution in [3.8, 4) is 12.3 Å². The normalized spacial score (nSPS) is 27.4. The van der Waals surface area contributed by atoms with Gasteiger partial charge in [0.15, 0.2) is 0 Å². The fraction of sp³-hybridized carbons (Fsp3) is 0.375. The van der Waals surface area contributed by atoms with E-state index in [1.807, 2.05) is 30.3 Å². The number of rotatable bonds is 2. The molecule has 0 bridgehead atoms. The van der Waals surface area contributed by atoms with E-state index in [1.165, 1.54) is 0 Å². The molecular weight excluding hydrogens is 224 g/mol. The van der Waals surface area contributed by atoms with Crippen molar-refractivity contribution in [1.82, 2.24) is 0 Å². The Morgan fingerprint density at radius 2 is 2.28 bits per heavy atom. The van der Waals surface area contributed by atoms with Crippen molar-refractivity contribution >= 4 is 11.0 Å². The first-order valence-corrected chi connectivity index (χ1v) is 6.39. The van der Waals surface area contributed by atoms with Gasteiger partial charge in [-0.05, 0) is 31.4 Å². The van der Waals surface area contributed by atoms with Crippen LogP contribution < -0.4 is 0 Å². The molecule has 1 N–H and O–H groups in total. The third-order valence-corrected chi connectivity index (χ3v) is 4.00. The van der Waals surface area contributed by atoms with Crippen LogP contribution in [0.1, 0.15) is 31.4 Å². The molecule has 2 atom stereocenters. The Hall–Kier alpha value is -1.72. The summed E-state index contributed by atoms with van der Waals surface area (Å²) in [6, 6.07) is 9.78. The highest BCUT2D eigenvalue weighted by atomic mass is 16.4. The Morgan fingerprint density at radius 3 is 3.06 bits per heavy atom. The van der Waals surface area contributed by atoms with Crippen molar-refractivity contribution in [2.24, 2.45) is 5.92 Å². The molecule has 1 aromatic heterocycles.